The lowest BCUT2D eigenvalue weighted by Crippen LogP contribution is -2.41. The molecule has 2 heterocycles. The zero-order chi connectivity index (χ0) is 27.4. The molecule has 2 unspecified atom stereocenters. The first kappa shape index (κ1) is 29.2. The number of nitrogens with one attached hydrogen (secondary N) is 2. The lowest BCUT2D eigenvalue weighted by atomic mass is 9.87. The maximum atomic E-state index is 6.55. The van der Waals surface area contributed by atoms with Gasteiger partial charge in [0.15, 0.2) is 0 Å². The van der Waals surface area contributed by atoms with Gasteiger partial charge in [0.2, 0.25) is 0 Å². The summed E-state index contributed by atoms with van der Waals surface area (Å²) in [5.74, 6) is 3.14. The molecule has 0 amide bonds. The molecule has 2 aromatic rings. The number of ether oxygens (including phenoxy) is 4. The molecule has 0 bridgehead atoms. The van der Waals surface area contributed by atoms with Crippen LogP contribution in [-0.2, 0) is 16.1 Å². The van der Waals surface area contributed by atoms with Crippen LogP contribution in [0.2, 0.25) is 0 Å². The van der Waals surface area contributed by atoms with E-state index in [2.05, 4.69) is 58.0 Å². The maximum Gasteiger partial charge on any atom is 0.142 e. The fourth-order valence-electron chi connectivity index (χ4n) is 6.38. The van der Waals surface area contributed by atoms with E-state index in [1.807, 2.05) is 0 Å². The van der Waals surface area contributed by atoms with Crippen molar-refractivity contribution in [2.75, 3.05) is 71.1 Å². The predicted octanol–water partition coefficient (Wildman–Crippen LogP) is 5.13. The largest absolute Gasteiger partial charge is 0.492 e. The third-order valence-corrected chi connectivity index (χ3v) is 8.66. The molecule has 2 atom stereocenters. The lowest BCUT2D eigenvalue weighted by Gasteiger charge is -2.33. The standard InChI is InChI=1S/C33H49N3O4/c1-37-19-5-17-36-18-21-39-32-13-8-27(22-31(32)36)25-40-33-24-34-15-14-30(33)28-9-11-29(12-10-28)38-20-16-35-23-26-6-3-2-4-7-26/h8-13,22,26,30,33-35H,2-7,14-21,23-25H2,1H3. The van der Waals surface area contributed by atoms with Crippen molar-refractivity contribution in [3.63, 3.8) is 0 Å². The van der Waals surface area contributed by atoms with Crippen LogP contribution in [0.25, 0.3) is 0 Å². The van der Waals surface area contributed by atoms with Crippen LogP contribution < -0.4 is 25.0 Å². The van der Waals surface area contributed by atoms with E-state index in [0.717, 1.165) is 82.7 Å². The fourth-order valence-corrected chi connectivity index (χ4v) is 6.38. The zero-order valence-corrected chi connectivity index (χ0v) is 24.4. The third kappa shape index (κ3) is 8.35. The van der Waals surface area contributed by atoms with Gasteiger partial charge in [-0.2, -0.15) is 0 Å². The van der Waals surface area contributed by atoms with Crippen LogP contribution in [-0.4, -0.2) is 72.3 Å². The molecule has 5 rings (SSSR count). The Balaban J connectivity index is 1.10. The summed E-state index contributed by atoms with van der Waals surface area (Å²) >= 11 is 0. The second kappa shape index (κ2) is 15.6. The van der Waals surface area contributed by atoms with Crippen molar-refractivity contribution in [2.24, 2.45) is 5.92 Å². The first-order valence-corrected chi connectivity index (χ1v) is 15.6. The molecule has 220 valence electrons. The highest BCUT2D eigenvalue weighted by Gasteiger charge is 2.27. The van der Waals surface area contributed by atoms with Crippen LogP contribution in [0.4, 0.5) is 5.69 Å². The average molecular weight is 552 g/mol. The molecule has 0 radical (unpaired) electrons. The van der Waals surface area contributed by atoms with E-state index in [1.54, 1.807) is 7.11 Å². The molecule has 40 heavy (non-hydrogen) atoms. The molecule has 2 N–H and O–H groups in total. The second-order valence-corrected chi connectivity index (χ2v) is 11.6. The molecular formula is C33H49N3O4. The van der Waals surface area contributed by atoms with Crippen LogP contribution in [0.1, 0.15) is 62.0 Å². The lowest BCUT2D eigenvalue weighted by molar-refractivity contribution is 0.0106. The topological polar surface area (TPSA) is 64.2 Å². The number of rotatable bonds is 14. The zero-order valence-electron chi connectivity index (χ0n) is 24.4. The Morgan fingerprint density at radius 3 is 2.75 bits per heavy atom. The van der Waals surface area contributed by atoms with Crippen molar-refractivity contribution in [2.45, 2.75) is 63.6 Å². The summed E-state index contributed by atoms with van der Waals surface area (Å²) in [6, 6.07) is 15.2. The Hall–Kier alpha value is -2.32. The molecular weight excluding hydrogens is 502 g/mol. The van der Waals surface area contributed by atoms with Crippen LogP contribution in [0.15, 0.2) is 42.5 Å². The summed E-state index contributed by atoms with van der Waals surface area (Å²) in [6.45, 7) is 8.61. The molecule has 7 nitrogen and oxygen atoms in total. The van der Waals surface area contributed by atoms with Crippen molar-refractivity contribution in [1.82, 2.24) is 10.6 Å². The molecule has 2 aromatic carbocycles. The Kier molecular flexibility index (Phi) is 11.4. The van der Waals surface area contributed by atoms with E-state index < -0.39 is 0 Å². The molecule has 0 spiro atoms. The number of methoxy groups -OCH3 is 1. The summed E-state index contributed by atoms with van der Waals surface area (Å²) in [5, 5.41) is 7.12. The quantitative estimate of drug-likeness (QED) is 0.316. The minimum Gasteiger partial charge on any atom is -0.492 e. The number of piperidine rings is 1. The van der Waals surface area contributed by atoms with Crippen LogP contribution in [0.3, 0.4) is 0 Å². The number of hydrogen-bond donors (Lipinski definition) is 2. The van der Waals surface area contributed by atoms with E-state index in [4.69, 9.17) is 18.9 Å². The molecule has 1 saturated carbocycles. The van der Waals surface area contributed by atoms with Gasteiger partial charge in [-0.15, -0.1) is 0 Å². The van der Waals surface area contributed by atoms with E-state index in [1.165, 1.54) is 48.9 Å². The Morgan fingerprint density at radius 1 is 1.02 bits per heavy atom. The second-order valence-electron chi connectivity index (χ2n) is 11.6. The fraction of sp³-hybridized carbons (Fsp3) is 0.636. The van der Waals surface area contributed by atoms with Gasteiger partial charge in [-0.1, -0.05) is 37.5 Å². The van der Waals surface area contributed by atoms with Crippen molar-refractivity contribution in [3.8, 4) is 11.5 Å². The normalized spacial score (nSPS) is 21.6. The number of anilines is 1. The van der Waals surface area contributed by atoms with Gasteiger partial charge in [0.1, 0.15) is 24.7 Å². The first-order valence-electron chi connectivity index (χ1n) is 15.6. The molecule has 7 heteroatoms. The number of nitrogens with zero attached hydrogens (tertiary/aromatic N) is 1. The van der Waals surface area contributed by atoms with E-state index in [-0.39, 0.29) is 6.10 Å². The van der Waals surface area contributed by atoms with Crippen LogP contribution in [0.5, 0.6) is 11.5 Å². The first-order chi connectivity index (χ1) is 19.8. The summed E-state index contributed by atoms with van der Waals surface area (Å²) in [5.41, 5.74) is 3.69. The van der Waals surface area contributed by atoms with Gasteiger partial charge < -0.3 is 34.5 Å². The monoisotopic (exact) mass is 551 g/mol. The van der Waals surface area contributed by atoms with Gasteiger partial charge in [0.25, 0.3) is 0 Å². The van der Waals surface area contributed by atoms with Crippen molar-refractivity contribution in [1.29, 1.82) is 0 Å². The van der Waals surface area contributed by atoms with Crippen LogP contribution >= 0.6 is 0 Å². The highest BCUT2D eigenvalue weighted by Crippen LogP contribution is 2.34. The summed E-state index contributed by atoms with van der Waals surface area (Å²) in [4.78, 5) is 2.41. The van der Waals surface area contributed by atoms with Crippen LogP contribution in [0, 0.1) is 5.92 Å². The minimum atomic E-state index is 0.134. The van der Waals surface area contributed by atoms with E-state index >= 15 is 0 Å². The van der Waals surface area contributed by atoms with Gasteiger partial charge in [-0.25, -0.2) is 0 Å². The molecule has 1 aliphatic carbocycles. The predicted molar refractivity (Wildman–Crippen MR) is 161 cm³/mol. The maximum absolute atomic E-state index is 6.55. The van der Waals surface area contributed by atoms with Gasteiger partial charge in [0, 0.05) is 39.3 Å². The van der Waals surface area contributed by atoms with Gasteiger partial charge in [-0.3, -0.25) is 0 Å². The van der Waals surface area contributed by atoms with Crippen molar-refractivity contribution in [3.05, 3.63) is 53.6 Å². The van der Waals surface area contributed by atoms with E-state index in [9.17, 15) is 0 Å². The Bertz CT molecular complexity index is 1010. The smallest absolute Gasteiger partial charge is 0.142 e. The number of hydrogen-bond acceptors (Lipinski definition) is 7. The van der Waals surface area contributed by atoms with Gasteiger partial charge in [0.05, 0.1) is 24.9 Å². The average Bonchev–Trinajstić information content (AvgIpc) is 3.01. The highest BCUT2D eigenvalue weighted by molar-refractivity contribution is 5.61. The Morgan fingerprint density at radius 2 is 1.90 bits per heavy atom. The van der Waals surface area contributed by atoms with Crippen molar-refractivity contribution >= 4 is 5.69 Å². The molecule has 2 aliphatic heterocycles. The molecule has 1 saturated heterocycles. The number of benzene rings is 2. The molecule has 2 fully saturated rings. The van der Waals surface area contributed by atoms with Gasteiger partial charge >= 0.3 is 0 Å². The van der Waals surface area contributed by atoms with Gasteiger partial charge in [-0.05, 0) is 80.1 Å². The third-order valence-electron chi connectivity index (χ3n) is 8.66. The highest BCUT2D eigenvalue weighted by atomic mass is 16.5. The summed E-state index contributed by atoms with van der Waals surface area (Å²) in [7, 11) is 1.76. The minimum absolute atomic E-state index is 0.134. The summed E-state index contributed by atoms with van der Waals surface area (Å²) < 4.78 is 23.8. The SMILES string of the molecule is COCCCN1CCOc2ccc(COC3CNCCC3c3ccc(OCCNCC4CCCCC4)cc3)cc21. The molecule has 0 aromatic heterocycles. The Labute approximate surface area is 240 Å². The van der Waals surface area contributed by atoms with Crippen molar-refractivity contribution < 1.29 is 18.9 Å². The summed E-state index contributed by atoms with van der Waals surface area (Å²) in [6.07, 6.45) is 9.19. The number of fused-ring (bicyclic) bond motifs is 1. The van der Waals surface area contributed by atoms with E-state index in [0.29, 0.717) is 19.1 Å². The molecule has 3 aliphatic rings.